The molecule has 0 aliphatic heterocycles. The van der Waals surface area contributed by atoms with E-state index in [2.05, 4.69) is 55.9 Å². The van der Waals surface area contributed by atoms with Crippen molar-refractivity contribution in [3.63, 3.8) is 0 Å². The normalized spacial score (nSPS) is 14.6. The number of imidazole rings is 1. The lowest BCUT2D eigenvalue weighted by Crippen LogP contribution is -2.07. The topological polar surface area (TPSA) is 29.9 Å². The van der Waals surface area contributed by atoms with Crippen LogP contribution in [-0.4, -0.2) is 9.55 Å². The minimum atomic E-state index is 0.690. The lowest BCUT2D eigenvalue weighted by atomic mass is 10.1. The molecule has 2 aromatic rings. The number of rotatable bonds is 5. The third-order valence-corrected chi connectivity index (χ3v) is 4.09. The van der Waals surface area contributed by atoms with Gasteiger partial charge in [-0.3, -0.25) is 0 Å². The predicted molar refractivity (Wildman–Crippen MR) is 81.3 cm³/mol. The van der Waals surface area contributed by atoms with Gasteiger partial charge in [-0.05, 0) is 43.0 Å². The first-order chi connectivity index (χ1) is 9.28. The van der Waals surface area contributed by atoms with Crippen LogP contribution in [-0.2, 0) is 13.0 Å². The Hall–Kier alpha value is -1.29. The molecule has 0 radical (unpaired) electrons. The molecule has 19 heavy (non-hydrogen) atoms. The van der Waals surface area contributed by atoms with E-state index in [1.165, 1.54) is 29.8 Å². The first-order valence-corrected chi connectivity index (χ1v) is 7.60. The zero-order valence-corrected chi connectivity index (χ0v) is 12.7. The summed E-state index contributed by atoms with van der Waals surface area (Å²) in [6.45, 7) is 3.02. The molecule has 3 nitrogen and oxygen atoms in total. The molecule has 0 spiro atoms. The largest absolute Gasteiger partial charge is 0.379 e. The van der Waals surface area contributed by atoms with Gasteiger partial charge in [0.2, 0.25) is 0 Å². The van der Waals surface area contributed by atoms with Crippen LogP contribution in [0.3, 0.4) is 0 Å². The Bertz CT molecular complexity index is 573. The molecule has 1 aromatic carbocycles. The molecule has 1 aromatic heterocycles. The Morgan fingerprint density at radius 2 is 2.26 bits per heavy atom. The molecule has 1 heterocycles. The molecule has 1 saturated carbocycles. The molecule has 0 saturated heterocycles. The molecule has 1 fully saturated rings. The second kappa shape index (κ2) is 5.37. The average Bonchev–Trinajstić information content (AvgIpc) is 3.16. The van der Waals surface area contributed by atoms with E-state index in [9.17, 15) is 0 Å². The standard InChI is InChI=1S/C15H18BrN3/c1-2-11-7-12(16)3-6-15(11)18-9-14-8-17-10-19(14)13-4-5-13/h3,6-8,10,13,18H,2,4-5,9H2,1H3. The molecule has 1 aliphatic rings. The third-order valence-electron chi connectivity index (χ3n) is 3.59. The van der Waals surface area contributed by atoms with Crippen LogP contribution in [0, 0.1) is 0 Å². The van der Waals surface area contributed by atoms with Crippen LogP contribution in [0.1, 0.15) is 37.1 Å². The highest BCUT2D eigenvalue weighted by molar-refractivity contribution is 9.10. The number of anilines is 1. The van der Waals surface area contributed by atoms with E-state index >= 15 is 0 Å². The predicted octanol–water partition coefficient (Wildman–Crippen LogP) is 4.16. The Labute approximate surface area is 122 Å². The highest BCUT2D eigenvalue weighted by atomic mass is 79.9. The molecule has 0 atom stereocenters. The van der Waals surface area contributed by atoms with Gasteiger partial charge in [0.15, 0.2) is 0 Å². The van der Waals surface area contributed by atoms with Crippen molar-refractivity contribution in [2.75, 3.05) is 5.32 Å². The van der Waals surface area contributed by atoms with Crippen molar-refractivity contribution in [1.29, 1.82) is 0 Å². The van der Waals surface area contributed by atoms with Gasteiger partial charge in [-0.15, -0.1) is 0 Å². The molecule has 3 rings (SSSR count). The number of nitrogens with one attached hydrogen (secondary N) is 1. The van der Waals surface area contributed by atoms with Crippen LogP contribution < -0.4 is 5.32 Å². The SMILES string of the molecule is CCc1cc(Br)ccc1NCc1cncn1C1CC1. The second-order valence-electron chi connectivity index (χ2n) is 5.03. The highest BCUT2D eigenvalue weighted by Gasteiger charge is 2.24. The maximum atomic E-state index is 4.27. The Morgan fingerprint density at radius 1 is 1.42 bits per heavy atom. The first-order valence-electron chi connectivity index (χ1n) is 6.81. The number of nitrogens with zero attached hydrogens (tertiary/aromatic N) is 2. The summed E-state index contributed by atoms with van der Waals surface area (Å²) in [5, 5.41) is 3.54. The van der Waals surface area contributed by atoms with Crippen molar-refractivity contribution in [1.82, 2.24) is 9.55 Å². The maximum Gasteiger partial charge on any atom is 0.0951 e. The van der Waals surface area contributed by atoms with E-state index in [-0.39, 0.29) is 0 Å². The lowest BCUT2D eigenvalue weighted by molar-refractivity contribution is 0.701. The van der Waals surface area contributed by atoms with Crippen molar-refractivity contribution < 1.29 is 0 Å². The van der Waals surface area contributed by atoms with Gasteiger partial charge in [0.25, 0.3) is 0 Å². The number of benzene rings is 1. The van der Waals surface area contributed by atoms with Gasteiger partial charge in [-0.2, -0.15) is 0 Å². The number of halogens is 1. The average molecular weight is 320 g/mol. The molecular formula is C15H18BrN3. The third kappa shape index (κ3) is 2.84. The van der Waals surface area contributed by atoms with E-state index < -0.39 is 0 Å². The molecule has 1 aliphatic carbocycles. The first kappa shape index (κ1) is 12.7. The van der Waals surface area contributed by atoms with Gasteiger partial charge >= 0.3 is 0 Å². The van der Waals surface area contributed by atoms with Crippen molar-refractivity contribution in [3.05, 3.63) is 46.5 Å². The summed E-state index contributed by atoms with van der Waals surface area (Å²) < 4.78 is 3.44. The zero-order valence-electron chi connectivity index (χ0n) is 11.1. The van der Waals surface area contributed by atoms with Gasteiger partial charge < -0.3 is 9.88 Å². The summed E-state index contributed by atoms with van der Waals surface area (Å²) in [5.74, 6) is 0. The zero-order chi connectivity index (χ0) is 13.2. The number of hydrogen-bond donors (Lipinski definition) is 1. The molecular weight excluding hydrogens is 302 g/mol. The summed E-state index contributed by atoms with van der Waals surface area (Å²) in [6, 6.07) is 7.09. The van der Waals surface area contributed by atoms with Gasteiger partial charge in [0, 0.05) is 22.4 Å². The monoisotopic (exact) mass is 319 g/mol. The smallest absolute Gasteiger partial charge is 0.0951 e. The summed E-state index contributed by atoms with van der Waals surface area (Å²) in [7, 11) is 0. The molecule has 0 bridgehead atoms. The fourth-order valence-electron chi connectivity index (χ4n) is 2.36. The minimum absolute atomic E-state index is 0.690. The van der Waals surface area contributed by atoms with Crippen molar-refractivity contribution in [3.8, 4) is 0 Å². The van der Waals surface area contributed by atoms with E-state index in [0.29, 0.717) is 6.04 Å². The summed E-state index contributed by atoms with van der Waals surface area (Å²) in [4.78, 5) is 4.27. The summed E-state index contributed by atoms with van der Waals surface area (Å²) in [6.07, 6.45) is 7.54. The highest BCUT2D eigenvalue weighted by Crippen LogP contribution is 2.35. The van der Waals surface area contributed by atoms with Crippen molar-refractivity contribution in [2.24, 2.45) is 0 Å². The fraction of sp³-hybridized carbons (Fsp3) is 0.400. The molecule has 100 valence electrons. The molecule has 4 heteroatoms. The summed E-state index contributed by atoms with van der Waals surface area (Å²) in [5.41, 5.74) is 3.83. The Kier molecular flexibility index (Phi) is 3.60. The van der Waals surface area contributed by atoms with Crippen LogP contribution in [0.15, 0.2) is 35.2 Å². The van der Waals surface area contributed by atoms with Gasteiger partial charge in [-0.25, -0.2) is 4.98 Å². The van der Waals surface area contributed by atoms with E-state index in [4.69, 9.17) is 0 Å². The van der Waals surface area contributed by atoms with Crippen LogP contribution in [0.25, 0.3) is 0 Å². The van der Waals surface area contributed by atoms with Gasteiger partial charge in [0.1, 0.15) is 0 Å². The van der Waals surface area contributed by atoms with Crippen LogP contribution in [0.5, 0.6) is 0 Å². The van der Waals surface area contributed by atoms with E-state index in [0.717, 1.165) is 17.4 Å². The van der Waals surface area contributed by atoms with Gasteiger partial charge in [-0.1, -0.05) is 22.9 Å². The Balaban J connectivity index is 1.73. The number of hydrogen-bond acceptors (Lipinski definition) is 2. The number of aromatic nitrogens is 2. The number of aryl methyl sites for hydroxylation is 1. The maximum absolute atomic E-state index is 4.27. The van der Waals surface area contributed by atoms with Crippen molar-refractivity contribution in [2.45, 2.75) is 38.8 Å². The van der Waals surface area contributed by atoms with Gasteiger partial charge in [0.05, 0.1) is 18.6 Å². The van der Waals surface area contributed by atoms with E-state index in [1.807, 2.05) is 12.5 Å². The lowest BCUT2D eigenvalue weighted by Gasteiger charge is -2.12. The van der Waals surface area contributed by atoms with Crippen molar-refractivity contribution >= 4 is 21.6 Å². The minimum Gasteiger partial charge on any atom is -0.379 e. The Morgan fingerprint density at radius 3 is 3.00 bits per heavy atom. The molecule has 0 amide bonds. The van der Waals surface area contributed by atoms with Crippen LogP contribution >= 0.6 is 15.9 Å². The summed E-state index contributed by atoms with van der Waals surface area (Å²) >= 11 is 3.52. The van der Waals surface area contributed by atoms with E-state index in [1.54, 1.807) is 0 Å². The van der Waals surface area contributed by atoms with Crippen LogP contribution in [0.4, 0.5) is 5.69 Å². The van der Waals surface area contributed by atoms with Crippen LogP contribution in [0.2, 0.25) is 0 Å². The fourth-order valence-corrected chi connectivity index (χ4v) is 2.77. The molecule has 1 N–H and O–H groups in total. The quantitative estimate of drug-likeness (QED) is 0.897. The second-order valence-corrected chi connectivity index (χ2v) is 5.95. The molecule has 0 unspecified atom stereocenters.